The lowest BCUT2D eigenvalue weighted by atomic mass is 10.2. The molecule has 2 aromatic rings. The van der Waals surface area contributed by atoms with Crippen molar-refractivity contribution in [1.29, 1.82) is 0 Å². The van der Waals surface area contributed by atoms with Crippen LogP contribution in [0.2, 0.25) is 0 Å². The molecule has 21 heavy (non-hydrogen) atoms. The number of primary sulfonamides is 1. The van der Waals surface area contributed by atoms with Crippen LogP contribution in [-0.4, -0.2) is 14.3 Å². The lowest BCUT2D eigenvalue weighted by Crippen LogP contribution is -2.15. The minimum absolute atomic E-state index is 0.0118. The van der Waals surface area contributed by atoms with Crippen LogP contribution in [0.15, 0.2) is 33.6 Å². The van der Waals surface area contributed by atoms with E-state index >= 15 is 0 Å². The highest BCUT2D eigenvalue weighted by Gasteiger charge is 2.16. The number of benzene rings is 1. The first kappa shape index (κ1) is 15.2. The summed E-state index contributed by atoms with van der Waals surface area (Å²) in [7, 11) is -4.06. The lowest BCUT2D eigenvalue weighted by molar-refractivity contribution is 0.102. The van der Waals surface area contributed by atoms with Crippen LogP contribution in [0.25, 0.3) is 0 Å². The number of furan rings is 1. The Morgan fingerprint density at radius 2 is 1.90 bits per heavy atom. The fourth-order valence-electron chi connectivity index (χ4n) is 1.85. The Morgan fingerprint density at radius 1 is 1.24 bits per heavy atom. The van der Waals surface area contributed by atoms with Crippen molar-refractivity contribution in [1.82, 2.24) is 0 Å². The SMILES string of the molecule is Cc1cc(C(=O)Nc2cc(F)cc(S(N)(=O)=O)c2)c(C)o1. The van der Waals surface area contributed by atoms with Crippen molar-refractivity contribution < 1.29 is 22.0 Å². The number of sulfonamides is 1. The molecule has 1 aromatic carbocycles. The van der Waals surface area contributed by atoms with Gasteiger partial charge in [-0.3, -0.25) is 4.79 Å². The van der Waals surface area contributed by atoms with Gasteiger partial charge in [0.15, 0.2) is 0 Å². The number of hydrogen-bond donors (Lipinski definition) is 2. The van der Waals surface area contributed by atoms with Gasteiger partial charge in [0.05, 0.1) is 10.5 Å². The second-order valence-corrected chi connectivity index (χ2v) is 6.06. The molecule has 112 valence electrons. The van der Waals surface area contributed by atoms with Gasteiger partial charge in [0.25, 0.3) is 5.91 Å². The third-order valence-corrected chi connectivity index (χ3v) is 3.64. The van der Waals surface area contributed by atoms with E-state index in [-0.39, 0.29) is 11.3 Å². The number of carbonyl (C=O) groups is 1. The molecule has 6 nitrogen and oxygen atoms in total. The minimum Gasteiger partial charge on any atom is -0.466 e. The fraction of sp³-hybridized carbons (Fsp3) is 0.154. The molecule has 0 saturated carbocycles. The molecule has 0 aliphatic rings. The van der Waals surface area contributed by atoms with Crippen molar-refractivity contribution in [3.05, 3.63) is 47.2 Å². The summed E-state index contributed by atoms with van der Waals surface area (Å²) in [6.07, 6.45) is 0. The second kappa shape index (κ2) is 5.30. The molecule has 0 radical (unpaired) electrons. The highest BCUT2D eigenvalue weighted by atomic mass is 32.2. The molecule has 0 unspecified atom stereocenters. The van der Waals surface area contributed by atoms with E-state index in [4.69, 9.17) is 9.56 Å². The van der Waals surface area contributed by atoms with Crippen molar-refractivity contribution in [2.45, 2.75) is 18.7 Å². The van der Waals surface area contributed by atoms with Gasteiger partial charge in [-0.05, 0) is 38.1 Å². The summed E-state index contributed by atoms with van der Waals surface area (Å²) in [6, 6.07) is 4.39. The molecule has 0 fully saturated rings. The monoisotopic (exact) mass is 312 g/mol. The number of aryl methyl sites for hydroxylation is 2. The molecular weight excluding hydrogens is 299 g/mol. The normalized spacial score (nSPS) is 11.4. The Balaban J connectivity index is 2.34. The summed E-state index contributed by atoms with van der Waals surface area (Å²) < 4.78 is 41.1. The largest absolute Gasteiger partial charge is 0.466 e. The minimum atomic E-state index is -4.06. The van der Waals surface area contributed by atoms with E-state index in [1.807, 2.05) is 0 Å². The van der Waals surface area contributed by atoms with Gasteiger partial charge in [-0.2, -0.15) is 0 Å². The van der Waals surface area contributed by atoms with Gasteiger partial charge in [0, 0.05) is 5.69 Å². The average molecular weight is 312 g/mol. The first-order valence-electron chi connectivity index (χ1n) is 5.88. The zero-order chi connectivity index (χ0) is 15.8. The van der Waals surface area contributed by atoms with Gasteiger partial charge in [-0.15, -0.1) is 0 Å². The van der Waals surface area contributed by atoms with Crippen LogP contribution >= 0.6 is 0 Å². The van der Waals surface area contributed by atoms with Crippen LogP contribution in [-0.2, 0) is 10.0 Å². The van der Waals surface area contributed by atoms with E-state index in [0.717, 1.165) is 18.2 Å². The summed E-state index contributed by atoms with van der Waals surface area (Å²) in [5, 5.41) is 7.35. The molecule has 0 bridgehead atoms. The van der Waals surface area contributed by atoms with Crippen LogP contribution in [0.3, 0.4) is 0 Å². The molecule has 8 heteroatoms. The van der Waals surface area contributed by atoms with Gasteiger partial charge in [0.1, 0.15) is 17.3 Å². The highest BCUT2D eigenvalue weighted by Crippen LogP contribution is 2.20. The van der Waals surface area contributed by atoms with Gasteiger partial charge in [0.2, 0.25) is 10.0 Å². The molecule has 0 aliphatic carbocycles. The molecule has 0 atom stereocenters. The maximum Gasteiger partial charge on any atom is 0.259 e. The third kappa shape index (κ3) is 3.47. The van der Waals surface area contributed by atoms with E-state index in [1.54, 1.807) is 13.8 Å². The number of carbonyl (C=O) groups excluding carboxylic acids is 1. The Morgan fingerprint density at radius 3 is 2.43 bits per heavy atom. The molecule has 0 spiro atoms. The van der Waals surface area contributed by atoms with E-state index < -0.39 is 26.6 Å². The van der Waals surface area contributed by atoms with Crippen molar-refractivity contribution in [3.8, 4) is 0 Å². The number of anilines is 1. The lowest BCUT2D eigenvalue weighted by Gasteiger charge is -2.06. The first-order valence-corrected chi connectivity index (χ1v) is 7.43. The van der Waals surface area contributed by atoms with Crippen molar-refractivity contribution in [2.75, 3.05) is 5.32 Å². The molecule has 1 amide bonds. The summed E-state index contributed by atoms with van der Waals surface area (Å²) in [5.41, 5.74) is 0.274. The van der Waals surface area contributed by atoms with E-state index in [2.05, 4.69) is 5.32 Å². The number of nitrogens with one attached hydrogen (secondary N) is 1. The van der Waals surface area contributed by atoms with E-state index in [9.17, 15) is 17.6 Å². The number of hydrogen-bond acceptors (Lipinski definition) is 4. The molecule has 0 aliphatic heterocycles. The molecule has 1 aromatic heterocycles. The maximum absolute atomic E-state index is 13.4. The van der Waals surface area contributed by atoms with Crippen molar-refractivity contribution in [2.24, 2.45) is 5.14 Å². The number of rotatable bonds is 3. The van der Waals surface area contributed by atoms with Crippen LogP contribution in [0.4, 0.5) is 10.1 Å². The standard InChI is InChI=1S/C13H13FN2O4S/c1-7-3-12(8(2)20-7)13(17)16-10-4-9(14)5-11(6-10)21(15,18)19/h3-6H,1-2H3,(H,16,17)(H2,15,18,19). The van der Waals surface area contributed by atoms with Crippen LogP contribution in [0.1, 0.15) is 21.9 Å². The van der Waals surface area contributed by atoms with Crippen molar-refractivity contribution in [3.63, 3.8) is 0 Å². The fourth-order valence-corrected chi connectivity index (χ4v) is 2.42. The molecule has 1 heterocycles. The second-order valence-electron chi connectivity index (χ2n) is 4.50. The highest BCUT2D eigenvalue weighted by molar-refractivity contribution is 7.89. The van der Waals surface area contributed by atoms with Gasteiger partial charge in [-0.25, -0.2) is 17.9 Å². The zero-order valence-electron chi connectivity index (χ0n) is 11.3. The first-order chi connectivity index (χ1) is 9.66. The predicted molar refractivity (Wildman–Crippen MR) is 73.9 cm³/mol. The molecule has 3 N–H and O–H groups in total. The van der Waals surface area contributed by atoms with Crippen LogP contribution in [0.5, 0.6) is 0 Å². The Hall–Kier alpha value is -2.19. The smallest absolute Gasteiger partial charge is 0.259 e. The zero-order valence-corrected chi connectivity index (χ0v) is 12.1. The van der Waals surface area contributed by atoms with Crippen molar-refractivity contribution >= 4 is 21.6 Å². The Labute approximate surface area is 120 Å². The topological polar surface area (TPSA) is 102 Å². The number of nitrogens with two attached hydrogens (primary N) is 1. The summed E-state index contributed by atoms with van der Waals surface area (Å²) in [4.78, 5) is 11.6. The van der Waals surface area contributed by atoms with E-state index in [1.165, 1.54) is 6.07 Å². The summed E-state index contributed by atoms with van der Waals surface area (Å²) in [6.45, 7) is 3.30. The number of halogens is 1. The molecular formula is C13H13FN2O4S. The van der Waals surface area contributed by atoms with Gasteiger partial charge < -0.3 is 9.73 Å². The van der Waals surface area contributed by atoms with Gasteiger partial charge >= 0.3 is 0 Å². The van der Waals surface area contributed by atoms with E-state index in [0.29, 0.717) is 11.5 Å². The predicted octanol–water partition coefficient (Wildman–Crippen LogP) is 1.94. The van der Waals surface area contributed by atoms with Crippen LogP contribution < -0.4 is 10.5 Å². The summed E-state index contributed by atoms with van der Waals surface area (Å²) in [5.74, 6) is -0.387. The maximum atomic E-state index is 13.4. The molecule has 0 saturated heterocycles. The number of amides is 1. The quantitative estimate of drug-likeness (QED) is 0.904. The van der Waals surface area contributed by atoms with Gasteiger partial charge in [-0.1, -0.05) is 0 Å². The molecule has 2 rings (SSSR count). The Bertz CT molecular complexity index is 812. The Kier molecular flexibility index (Phi) is 3.84. The average Bonchev–Trinajstić information content (AvgIpc) is 2.66. The van der Waals surface area contributed by atoms with Crippen LogP contribution in [0, 0.1) is 19.7 Å². The third-order valence-electron chi connectivity index (χ3n) is 2.74. The summed E-state index contributed by atoms with van der Waals surface area (Å²) >= 11 is 0.